The summed E-state index contributed by atoms with van der Waals surface area (Å²) in [4.78, 5) is 10.5. The average Bonchev–Trinajstić information content (AvgIpc) is 3.31. The Morgan fingerprint density at radius 1 is 1.16 bits per heavy atom. The molecular weight excluding hydrogens is 564 g/mol. The Morgan fingerprint density at radius 2 is 1.91 bits per heavy atom. The van der Waals surface area contributed by atoms with E-state index in [1.807, 2.05) is 13.0 Å². The van der Waals surface area contributed by atoms with E-state index >= 15 is 4.39 Å². The molecule has 2 aromatic heterocycles. The van der Waals surface area contributed by atoms with E-state index in [-0.39, 0.29) is 29.4 Å². The number of H-pyrrole nitrogens is 1. The minimum absolute atomic E-state index is 0.181. The molecule has 3 aliphatic rings. The lowest BCUT2D eigenvalue weighted by molar-refractivity contribution is -0.154. The van der Waals surface area contributed by atoms with E-state index in [9.17, 15) is 13.2 Å². The number of aromatic nitrogens is 4. The number of nitrogens with zero attached hydrogens (tertiary/aromatic N) is 4. The van der Waals surface area contributed by atoms with E-state index in [2.05, 4.69) is 32.0 Å². The second kappa shape index (κ2) is 13.0. The molecule has 8 nitrogen and oxygen atoms in total. The smallest absolute Gasteiger partial charge is 0.422 e. The summed E-state index contributed by atoms with van der Waals surface area (Å²) in [6.45, 7) is 4.59. The van der Waals surface area contributed by atoms with Gasteiger partial charge in [-0.3, -0.25) is 10.00 Å². The van der Waals surface area contributed by atoms with Crippen LogP contribution in [0, 0.1) is 18.3 Å². The van der Waals surface area contributed by atoms with Crippen molar-refractivity contribution < 1.29 is 27.0 Å². The van der Waals surface area contributed by atoms with Gasteiger partial charge in [0.1, 0.15) is 12.3 Å². The number of benzene rings is 1. The highest BCUT2D eigenvalue weighted by Gasteiger charge is 2.45. The van der Waals surface area contributed by atoms with Gasteiger partial charge in [-0.05, 0) is 74.9 Å². The Labute approximate surface area is 248 Å². The molecule has 2 aliphatic heterocycles. The first-order valence-electron chi connectivity index (χ1n) is 14.9. The Morgan fingerprint density at radius 3 is 2.53 bits per heavy atom. The van der Waals surface area contributed by atoms with Gasteiger partial charge in [0, 0.05) is 11.6 Å². The summed E-state index contributed by atoms with van der Waals surface area (Å²) in [5, 5.41) is 15.2. The van der Waals surface area contributed by atoms with Crippen LogP contribution in [0.2, 0.25) is 0 Å². The number of halogens is 4. The highest BCUT2D eigenvalue weighted by molar-refractivity contribution is 5.95. The zero-order valence-corrected chi connectivity index (χ0v) is 24.6. The molecule has 0 spiro atoms. The van der Waals surface area contributed by atoms with Crippen molar-refractivity contribution in [1.82, 2.24) is 25.1 Å². The molecule has 2 saturated heterocycles. The Hall–Kier alpha value is -3.54. The van der Waals surface area contributed by atoms with Crippen LogP contribution in [0.1, 0.15) is 80.7 Å². The maximum atomic E-state index is 15.7. The molecular formula is C31H38F4N6O2. The molecule has 2 N–H and O–H groups in total. The standard InChI is InChI=1S/C25H26F4N6O2.C6H12/c1-15-8-16(18-12-31-34-20(18)9-15)10-19(26)21-17(11-30)22(36-14-25(27,28)29)33-23(32-21)37-13-24-4-2-6-35(24)7-3-5-24;1-2-3-6-4-5-6/h8-12,30H,2-7,13-14H2,1H3,(H,31,34);6H,2-5H2,1H3/b19-10-,30-11?;. The molecule has 43 heavy (non-hydrogen) atoms. The average molecular weight is 603 g/mol. The normalized spacial score (nSPS) is 18.3. The number of aromatic amines is 1. The molecule has 0 amide bonds. The zero-order chi connectivity index (χ0) is 30.6. The van der Waals surface area contributed by atoms with Gasteiger partial charge in [0.25, 0.3) is 0 Å². The van der Waals surface area contributed by atoms with Gasteiger partial charge in [0.05, 0.1) is 22.8 Å². The molecule has 6 rings (SSSR count). The van der Waals surface area contributed by atoms with E-state index in [0.717, 1.165) is 50.3 Å². The van der Waals surface area contributed by atoms with Crippen LogP contribution in [0.25, 0.3) is 22.8 Å². The third kappa shape index (κ3) is 7.52. The summed E-state index contributed by atoms with van der Waals surface area (Å²) in [6.07, 6.45) is 8.61. The summed E-state index contributed by atoms with van der Waals surface area (Å²) >= 11 is 0. The topological polar surface area (TPSA) is 100 Å². The number of nitrogens with one attached hydrogen (secondary N) is 2. The van der Waals surface area contributed by atoms with Crippen molar-refractivity contribution in [3.05, 3.63) is 40.7 Å². The summed E-state index contributed by atoms with van der Waals surface area (Å²) < 4.78 is 65.2. The highest BCUT2D eigenvalue weighted by Crippen LogP contribution is 2.39. The molecule has 3 fully saturated rings. The van der Waals surface area contributed by atoms with Crippen LogP contribution >= 0.6 is 0 Å². The maximum Gasteiger partial charge on any atom is 0.422 e. The first kappa shape index (κ1) is 30.9. The molecule has 12 heteroatoms. The molecule has 4 heterocycles. The van der Waals surface area contributed by atoms with Crippen molar-refractivity contribution in [2.24, 2.45) is 5.92 Å². The van der Waals surface area contributed by atoms with E-state index < -0.39 is 24.5 Å². The van der Waals surface area contributed by atoms with Gasteiger partial charge in [-0.1, -0.05) is 38.7 Å². The summed E-state index contributed by atoms with van der Waals surface area (Å²) in [5.74, 6) is -0.298. The second-order valence-electron chi connectivity index (χ2n) is 11.7. The SMILES string of the molecule is CCCC1CC1.Cc1cc(/C=C(\F)c2nc(OCC34CCCN3CCC4)nc(OCC(F)(F)F)c2C=N)c2cn[nH]c2c1. The van der Waals surface area contributed by atoms with Crippen LogP contribution in [0.15, 0.2) is 18.3 Å². The fraction of sp³-hybridized carbons (Fsp3) is 0.548. The molecule has 1 aliphatic carbocycles. The maximum absolute atomic E-state index is 15.7. The lowest BCUT2D eigenvalue weighted by Crippen LogP contribution is -2.43. The largest absolute Gasteiger partial charge is 0.467 e. The third-order valence-corrected chi connectivity index (χ3v) is 8.33. The first-order valence-corrected chi connectivity index (χ1v) is 14.9. The molecule has 0 unspecified atom stereocenters. The van der Waals surface area contributed by atoms with Crippen LogP contribution in [-0.4, -0.2) is 69.3 Å². The molecule has 3 aromatic rings. The predicted molar refractivity (Wildman–Crippen MR) is 157 cm³/mol. The number of hydrogen-bond donors (Lipinski definition) is 2. The number of fused-ring (bicyclic) bond motifs is 2. The Kier molecular flexibility index (Phi) is 9.33. The van der Waals surface area contributed by atoms with Gasteiger partial charge in [0.2, 0.25) is 5.88 Å². The van der Waals surface area contributed by atoms with Gasteiger partial charge in [-0.2, -0.15) is 28.2 Å². The van der Waals surface area contributed by atoms with Crippen LogP contribution in [0.3, 0.4) is 0 Å². The van der Waals surface area contributed by atoms with Crippen LogP contribution in [-0.2, 0) is 0 Å². The molecule has 232 valence electrons. The van der Waals surface area contributed by atoms with E-state index in [0.29, 0.717) is 22.7 Å². The molecule has 1 aromatic carbocycles. The molecule has 1 saturated carbocycles. The minimum atomic E-state index is -4.65. The summed E-state index contributed by atoms with van der Waals surface area (Å²) in [6, 6.07) is 3.30. The van der Waals surface area contributed by atoms with Gasteiger partial charge in [0.15, 0.2) is 12.4 Å². The van der Waals surface area contributed by atoms with Gasteiger partial charge in [-0.25, -0.2) is 4.39 Å². The second-order valence-corrected chi connectivity index (χ2v) is 11.7. The van der Waals surface area contributed by atoms with Crippen molar-refractivity contribution in [1.29, 1.82) is 5.41 Å². The van der Waals surface area contributed by atoms with Gasteiger partial charge >= 0.3 is 12.2 Å². The van der Waals surface area contributed by atoms with Gasteiger partial charge in [-0.15, -0.1) is 0 Å². The monoisotopic (exact) mass is 602 g/mol. The highest BCUT2D eigenvalue weighted by atomic mass is 19.4. The number of aryl methyl sites for hydroxylation is 1. The number of ether oxygens (including phenoxy) is 2. The predicted octanol–water partition coefficient (Wildman–Crippen LogP) is 7.27. The van der Waals surface area contributed by atoms with Crippen LogP contribution < -0.4 is 9.47 Å². The van der Waals surface area contributed by atoms with Crippen LogP contribution in [0.5, 0.6) is 11.9 Å². The van der Waals surface area contributed by atoms with Crippen molar-refractivity contribution in [2.45, 2.75) is 76.9 Å². The van der Waals surface area contributed by atoms with E-state index in [1.165, 1.54) is 31.8 Å². The number of hydrogen-bond acceptors (Lipinski definition) is 7. The fourth-order valence-electron chi connectivity index (χ4n) is 6.09. The summed E-state index contributed by atoms with van der Waals surface area (Å²) in [7, 11) is 0. The fourth-order valence-corrected chi connectivity index (χ4v) is 6.09. The minimum Gasteiger partial charge on any atom is -0.467 e. The number of rotatable bonds is 10. The van der Waals surface area contributed by atoms with E-state index in [4.69, 9.17) is 14.9 Å². The van der Waals surface area contributed by atoms with Crippen molar-refractivity contribution >= 4 is 29.0 Å². The lowest BCUT2D eigenvalue weighted by atomic mass is 9.95. The van der Waals surface area contributed by atoms with Crippen molar-refractivity contribution in [2.75, 3.05) is 26.3 Å². The Bertz CT molecular complexity index is 1460. The van der Waals surface area contributed by atoms with Crippen molar-refractivity contribution in [3.63, 3.8) is 0 Å². The molecule has 0 bridgehead atoms. The van der Waals surface area contributed by atoms with Crippen LogP contribution in [0.4, 0.5) is 17.6 Å². The quantitative estimate of drug-likeness (QED) is 0.187. The lowest BCUT2D eigenvalue weighted by Gasteiger charge is -2.31. The third-order valence-electron chi connectivity index (χ3n) is 8.33. The summed E-state index contributed by atoms with van der Waals surface area (Å²) in [5.41, 5.74) is 1.15. The Balaban J connectivity index is 0.000000548. The molecule has 0 radical (unpaired) electrons. The molecule has 0 atom stereocenters. The number of alkyl halides is 3. The van der Waals surface area contributed by atoms with Crippen molar-refractivity contribution in [3.8, 4) is 11.9 Å². The van der Waals surface area contributed by atoms with E-state index in [1.54, 1.807) is 12.3 Å². The zero-order valence-electron chi connectivity index (χ0n) is 24.6. The first-order chi connectivity index (χ1) is 20.6. The van der Waals surface area contributed by atoms with Gasteiger partial charge < -0.3 is 14.9 Å².